The third kappa shape index (κ3) is 3.02. The van der Waals surface area contributed by atoms with Gasteiger partial charge in [-0.15, -0.1) is 0 Å². The quantitative estimate of drug-likeness (QED) is 0.754. The number of fused-ring (bicyclic) bond motifs is 4. The van der Waals surface area contributed by atoms with Crippen LogP contribution in [0.1, 0.15) is 72.9 Å². The molecule has 2 saturated heterocycles. The number of hydrogen-bond acceptors (Lipinski definition) is 4. The topological polar surface area (TPSA) is 67.5 Å². The number of piperidine rings is 1. The van der Waals surface area contributed by atoms with Crippen molar-refractivity contribution in [1.82, 2.24) is 15.1 Å². The highest BCUT2D eigenvalue weighted by atomic mass is 16.5. The molecule has 0 unspecified atom stereocenters. The smallest absolute Gasteiger partial charge is 0.274 e. The number of carbonyl (C=O) groups excluding carboxylic acids is 1. The van der Waals surface area contributed by atoms with Gasteiger partial charge in [-0.05, 0) is 63.9 Å². The van der Waals surface area contributed by atoms with E-state index < -0.39 is 0 Å². The first-order valence-corrected chi connectivity index (χ1v) is 11.7. The normalized spacial score (nSPS) is 27.9. The molecular formula is C25H31N3O3. The molecule has 1 aliphatic carbocycles. The number of ether oxygens (including phenoxy) is 2. The number of H-pyrrole nitrogens is 1. The fraction of sp³-hybridized carbons (Fsp3) is 0.600. The Hall–Kier alpha value is -2.34. The van der Waals surface area contributed by atoms with Crippen LogP contribution in [0.2, 0.25) is 0 Å². The lowest BCUT2D eigenvalue weighted by molar-refractivity contribution is -0.173. The average Bonchev–Trinajstić information content (AvgIpc) is 3.38. The third-order valence-electron chi connectivity index (χ3n) is 8.20. The van der Waals surface area contributed by atoms with E-state index >= 15 is 0 Å². The van der Waals surface area contributed by atoms with Gasteiger partial charge in [-0.1, -0.05) is 18.2 Å². The van der Waals surface area contributed by atoms with Crippen molar-refractivity contribution in [2.24, 2.45) is 11.3 Å². The number of amides is 1. The number of likely N-dealkylation sites (tertiary alicyclic amines) is 1. The number of benzene rings is 1. The summed E-state index contributed by atoms with van der Waals surface area (Å²) in [5.74, 6) is 1.36. The third-order valence-corrected chi connectivity index (χ3v) is 8.20. The predicted octanol–water partition coefficient (Wildman–Crippen LogP) is 4.07. The SMILES string of the molecule is CC1(C)Oc2ccccc2[C@H]2OCC3(CCN(C(=O)c4n[nH]c5c4CCC5)CC3)C[C@@H]21. The van der Waals surface area contributed by atoms with Gasteiger partial charge in [0.15, 0.2) is 5.69 Å². The summed E-state index contributed by atoms with van der Waals surface area (Å²) in [6.07, 6.45) is 6.24. The van der Waals surface area contributed by atoms with Gasteiger partial charge in [-0.25, -0.2) is 0 Å². The summed E-state index contributed by atoms with van der Waals surface area (Å²) in [6.45, 7) is 6.70. The summed E-state index contributed by atoms with van der Waals surface area (Å²) >= 11 is 0. The van der Waals surface area contributed by atoms with E-state index in [4.69, 9.17) is 9.47 Å². The minimum absolute atomic E-state index is 0.0943. The van der Waals surface area contributed by atoms with Crippen molar-refractivity contribution in [2.45, 2.75) is 64.1 Å². The molecule has 2 aromatic rings. The Balaban J connectivity index is 1.18. The largest absolute Gasteiger partial charge is 0.487 e. The molecule has 6 nitrogen and oxygen atoms in total. The monoisotopic (exact) mass is 421 g/mol. The second-order valence-corrected chi connectivity index (χ2v) is 10.5. The van der Waals surface area contributed by atoms with Gasteiger partial charge in [0, 0.05) is 35.8 Å². The van der Waals surface area contributed by atoms with Gasteiger partial charge in [0.05, 0.1) is 12.7 Å². The van der Waals surface area contributed by atoms with E-state index in [2.05, 4.69) is 42.2 Å². The number of para-hydroxylation sites is 1. The predicted molar refractivity (Wildman–Crippen MR) is 116 cm³/mol. The van der Waals surface area contributed by atoms with Crippen LogP contribution >= 0.6 is 0 Å². The van der Waals surface area contributed by atoms with E-state index in [9.17, 15) is 4.79 Å². The molecule has 1 N–H and O–H groups in total. The van der Waals surface area contributed by atoms with Gasteiger partial charge < -0.3 is 14.4 Å². The van der Waals surface area contributed by atoms with Crippen LogP contribution in [-0.4, -0.2) is 46.3 Å². The highest BCUT2D eigenvalue weighted by molar-refractivity contribution is 5.94. The van der Waals surface area contributed by atoms with E-state index in [0.29, 0.717) is 11.6 Å². The summed E-state index contributed by atoms with van der Waals surface area (Å²) in [5.41, 5.74) is 3.99. The van der Waals surface area contributed by atoms with Crippen LogP contribution in [-0.2, 0) is 17.6 Å². The number of aromatic amines is 1. The molecule has 31 heavy (non-hydrogen) atoms. The van der Waals surface area contributed by atoms with E-state index in [0.717, 1.165) is 75.2 Å². The number of aryl methyl sites for hydroxylation is 1. The Labute approximate surface area is 183 Å². The molecule has 0 radical (unpaired) electrons. The van der Waals surface area contributed by atoms with Crippen molar-refractivity contribution in [3.05, 3.63) is 46.8 Å². The van der Waals surface area contributed by atoms with Gasteiger partial charge in [0.1, 0.15) is 11.4 Å². The standard InChI is InChI=1S/C25H31N3O3/c1-24(2)18-14-25(15-30-22(18)17-6-3-4-9-20(17)31-24)10-12-28(13-11-25)23(29)21-16-7-5-8-19(16)26-27-21/h3-4,6,9,18,22H,5,7-8,10-15H2,1-2H3,(H,26,27)/t18-,22+/m0/s1. The molecule has 6 heteroatoms. The van der Waals surface area contributed by atoms with Gasteiger partial charge in [0.2, 0.25) is 0 Å². The average molecular weight is 422 g/mol. The molecule has 1 aromatic carbocycles. The molecule has 4 heterocycles. The van der Waals surface area contributed by atoms with Gasteiger partial charge in [-0.3, -0.25) is 9.89 Å². The number of aromatic nitrogens is 2. The molecule has 1 spiro atoms. The Kier molecular flexibility index (Phi) is 4.26. The Morgan fingerprint density at radius 3 is 2.84 bits per heavy atom. The van der Waals surface area contributed by atoms with Crippen LogP contribution in [0.4, 0.5) is 0 Å². The molecule has 0 bridgehead atoms. The highest BCUT2D eigenvalue weighted by Gasteiger charge is 2.53. The zero-order valence-electron chi connectivity index (χ0n) is 18.4. The van der Waals surface area contributed by atoms with Crippen molar-refractivity contribution in [3.8, 4) is 5.75 Å². The molecule has 0 saturated carbocycles. The summed E-state index contributed by atoms with van der Waals surface area (Å²) in [4.78, 5) is 15.2. The Bertz CT molecular complexity index is 1020. The van der Waals surface area contributed by atoms with Crippen LogP contribution in [0.5, 0.6) is 5.75 Å². The van der Waals surface area contributed by atoms with Gasteiger partial charge in [-0.2, -0.15) is 5.10 Å². The summed E-state index contributed by atoms with van der Waals surface area (Å²) in [6, 6.07) is 8.29. The van der Waals surface area contributed by atoms with Crippen LogP contribution < -0.4 is 4.74 Å². The van der Waals surface area contributed by atoms with Crippen molar-refractivity contribution in [3.63, 3.8) is 0 Å². The molecular weight excluding hydrogens is 390 g/mol. The Morgan fingerprint density at radius 1 is 1.19 bits per heavy atom. The molecule has 2 fully saturated rings. The van der Waals surface area contributed by atoms with Gasteiger partial charge in [0.25, 0.3) is 5.91 Å². The number of nitrogens with zero attached hydrogens (tertiary/aromatic N) is 2. The summed E-state index contributed by atoms with van der Waals surface area (Å²) in [7, 11) is 0. The molecule has 1 aromatic heterocycles. The highest BCUT2D eigenvalue weighted by Crippen LogP contribution is 2.55. The maximum Gasteiger partial charge on any atom is 0.274 e. The maximum absolute atomic E-state index is 13.2. The number of carbonyl (C=O) groups is 1. The van der Waals surface area contributed by atoms with Crippen molar-refractivity contribution < 1.29 is 14.3 Å². The number of rotatable bonds is 1. The lowest BCUT2D eigenvalue weighted by Crippen LogP contribution is -2.54. The van der Waals surface area contributed by atoms with Crippen LogP contribution in [0.25, 0.3) is 0 Å². The van der Waals surface area contributed by atoms with E-state index in [1.165, 1.54) is 5.56 Å². The lowest BCUT2D eigenvalue weighted by Gasteiger charge is -2.54. The minimum Gasteiger partial charge on any atom is -0.487 e. The van der Waals surface area contributed by atoms with Crippen LogP contribution in [0.15, 0.2) is 24.3 Å². The Morgan fingerprint density at radius 2 is 2.00 bits per heavy atom. The molecule has 2 atom stereocenters. The first-order valence-electron chi connectivity index (χ1n) is 11.7. The lowest BCUT2D eigenvalue weighted by atomic mass is 9.64. The molecule has 6 rings (SSSR count). The van der Waals surface area contributed by atoms with Crippen molar-refractivity contribution >= 4 is 5.91 Å². The fourth-order valence-electron chi connectivity index (χ4n) is 6.28. The van der Waals surface area contributed by atoms with Crippen molar-refractivity contribution in [2.75, 3.05) is 19.7 Å². The fourth-order valence-corrected chi connectivity index (χ4v) is 6.28. The summed E-state index contributed by atoms with van der Waals surface area (Å²) in [5, 5.41) is 7.43. The summed E-state index contributed by atoms with van der Waals surface area (Å²) < 4.78 is 13.0. The molecule has 4 aliphatic rings. The second-order valence-electron chi connectivity index (χ2n) is 10.5. The minimum atomic E-state index is -0.269. The number of nitrogens with one attached hydrogen (secondary N) is 1. The number of hydrogen-bond donors (Lipinski definition) is 1. The van der Waals surface area contributed by atoms with E-state index in [-0.39, 0.29) is 23.0 Å². The van der Waals surface area contributed by atoms with Crippen LogP contribution in [0, 0.1) is 11.3 Å². The van der Waals surface area contributed by atoms with E-state index in [1.807, 2.05) is 11.0 Å². The first-order chi connectivity index (χ1) is 15.0. The van der Waals surface area contributed by atoms with Gasteiger partial charge >= 0.3 is 0 Å². The zero-order valence-corrected chi connectivity index (χ0v) is 18.4. The van der Waals surface area contributed by atoms with Crippen molar-refractivity contribution in [1.29, 1.82) is 0 Å². The first kappa shape index (κ1) is 19.4. The molecule has 164 valence electrons. The molecule has 3 aliphatic heterocycles. The zero-order chi connectivity index (χ0) is 21.2. The maximum atomic E-state index is 13.2. The van der Waals surface area contributed by atoms with E-state index in [1.54, 1.807) is 0 Å². The molecule has 1 amide bonds. The second kappa shape index (κ2) is 6.83. The van der Waals surface area contributed by atoms with Crippen LogP contribution in [0.3, 0.4) is 0 Å².